The minimum Gasteiger partial charge on any atom is -0.496 e. The Hall–Kier alpha value is -3.08. The summed E-state index contributed by atoms with van der Waals surface area (Å²) in [6.07, 6.45) is 10.1. The lowest BCUT2D eigenvalue weighted by atomic mass is 9.76. The molecule has 0 aliphatic heterocycles. The maximum Gasteiger partial charge on any atom is 0.253 e. The summed E-state index contributed by atoms with van der Waals surface area (Å²) >= 11 is 0. The number of carbonyl (C=O) groups is 1. The van der Waals surface area contributed by atoms with Gasteiger partial charge < -0.3 is 15.0 Å². The topological polar surface area (TPSA) is 67.0 Å². The molecule has 1 unspecified atom stereocenters. The molecular formula is C28H37N3O2. The standard InChI is InChI=1S/C26H31N3O2.C2H6/c1-17-14-21(12-13-28-17)20-10-8-19(9-11-20)18(2)29-26(30)24-16-27-15-23(24)22-6-4-5-7-25(22)31-3;1-2/h4-7,12-16,18-20,27H,8-11H2,1-3H3,(H,29,30);1-2H3. The van der Waals surface area contributed by atoms with Gasteiger partial charge in [-0.2, -0.15) is 0 Å². The minimum atomic E-state index is -0.0402. The Bertz CT molecular complexity index is 1030. The van der Waals surface area contributed by atoms with E-state index in [1.54, 1.807) is 13.3 Å². The lowest BCUT2D eigenvalue weighted by molar-refractivity contribution is 0.0918. The van der Waals surface area contributed by atoms with Crippen molar-refractivity contribution in [2.45, 2.75) is 65.3 Å². The third-order valence-corrected chi connectivity index (χ3v) is 6.62. The number of aromatic amines is 1. The Morgan fingerprint density at radius 1 is 1.09 bits per heavy atom. The quantitative estimate of drug-likeness (QED) is 0.452. The van der Waals surface area contributed by atoms with Gasteiger partial charge in [0.2, 0.25) is 0 Å². The molecule has 2 aromatic heterocycles. The molecule has 0 radical (unpaired) electrons. The number of benzene rings is 1. The van der Waals surface area contributed by atoms with Crippen molar-refractivity contribution in [2.24, 2.45) is 5.92 Å². The van der Waals surface area contributed by atoms with Gasteiger partial charge in [0.25, 0.3) is 5.91 Å². The number of H-pyrrole nitrogens is 1. The average molecular weight is 448 g/mol. The molecule has 33 heavy (non-hydrogen) atoms. The monoisotopic (exact) mass is 447 g/mol. The normalized spacial score (nSPS) is 18.6. The maximum atomic E-state index is 13.1. The van der Waals surface area contributed by atoms with Crippen LogP contribution in [0.5, 0.6) is 5.75 Å². The number of nitrogens with zero attached hydrogens (tertiary/aromatic N) is 1. The smallest absolute Gasteiger partial charge is 0.253 e. The SMILES string of the molecule is CC.COc1ccccc1-c1c[nH]cc1C(=O)NC(C)C1CCC(c2ccnc(C)c2)CC1. The predicted molar refractivity (Wildman–Crippen MR) is 135 cm³/mol. The molecule has 1 saturated carbocycles. The summed E-state index contributed by atoms with van der Waals surface area (Å²) in [5.74, 6) is 1.81. The van der Waals surface area contributed by atoms with Crippen molar-refractivity contribution in [3.63, 3.8) is 0 Å². The Kier molecular flexibility index (Phi) is 8.70. The van der Waals surface area contributed by atoms with Crippen LogP contribution >= 0.6 is 0 Å². The largest absolute Gasteiger partial charge is 0.496 e. The Morgan fingerprint density at radius 3 is 2.52 bits per heavy atom. The zero-order chi connectivity index (χ0) is 23.8. The van der Waals surface area contributed by atoms with Crippen LogP contribution in [0, 0.1) is 12.8 Å². The number of hydrogen-bond acceptors (Lipinski definition) is 3. The maximum absolute atomic E-state index is 13.1. The van der Waals surface area contributed by atoms with Gasteiger partial charge in [-0.3, -0.25) is 9.78 Å². The molecule has 4 rings (SSSR count). The Balaban J connectivity index is 0.00000149. The van der Waals surface area contributed by atoms with E-state index in [-0.39, 0.29) is 11.9 Å². The van der Waals surface area contributed by atoms with E-state index >= 15 is 0 Å². The first kappa shape index (κ1) is 24.6. The molecule has 1 aliphatic carbocycles. The molecule has 1 atom stereocenters. The molecular weight excluding hydrogens is 410 g/mol. The molecule has 5 heteroatoms. The molecule has 0 spiro atoms. The zero-order valence-corrected chi connectivity index (χ0v) is 20.5. The second kappa shape index (κ2) is 11.7. The molecule has 0 bridgehead atoms. The van der Waals surface area contributed by atoms with Crippen molar-refractivity contribution >= 4 is 5.91 Å². The summed E-state index contributed by atoms with van der Waals surface area (Å²) < 4.78 is 5.48. The number of para-hydroxylation sites is 1. The van der Waals surface area contributed by atoms with Gasteiger partial charge >= 0.3 is 0 Å². The summed E-state index contributed by atoms with van der Waals surface area (Å²) in [5, 5.41) is 3.25. The molecule has 1 aliphatic rings. The van der Waals surface area contributed by atoms with Gasteiger partial charge in [0.15, 0.2) is 0 Å². The molecule has 2 N–H and O–H groups in total. The van der Waals surface area contributed by atoms with E-state index in [2.05, 4.69) is 34.3 Å². The average Bonchev–Trinajstić information content (AvgIpc) is 3.35. The van der Waals surface area contributed by atoms with Crippen LogP contribution in [-0.2, 0) is 0 Å². The number of pyridine rings is 1. The van der Waals surface area contributed by atoms with Crippen LogP contribution in [0.3, 0.4) is 0 Å². The minimum absolute atomic E-state index is 0.0402. The van der Waals surface area contributed by atoms with Gasteiger partial charge in [-0.1, -0.05) is 32.0 Å². The molecule has 5 nitrogen and oxygen atoms in total. The van der Waals surface area contributed by atoms with E-state index < -0.39 is 0 Å². The first-order valence-electron chi connectivity index (χ1n) is 12.1. The van der Waals surface area contributed by atoms with Gasteiger partial charge in [-0.05, 0) is 75.1 Å². The lowest BCUT2D eigenvalue weighted by Crippen LogP contribution is -2.39. The van der Waals surface area contributed by atoms with E-state index in [1.165, 1.54) is 5.56 Å². The van der Waals surface area contributed by atoms with Crippen molar-refractivity contribution in [3.8, 4) is 16.9 Å². The number of carbonyl (C=O) groups excluding carboxylic acids is 1. The third kappa shape index (κ3) is 5.84. The number of aryl methyl sites for hydroxylation is 1. The summed E-state index contributed by atoms with van der Waals surface area (Å²) in [5.41, 5.74) is 4.91. The number of hydrogen-bond donors (Lipinski definition) is 2. The highest BCUT2D eigenvalue weighted by Crippen LogP contribution is 2.37. The van der Waals surface area contributed by atoms with E-state index in [1.807, 2.05) is 57.4 Å². The van der Waals surface area contributed by atoms with E-state index in [0.717, 1.165) is 48.3 Å². The fourth-order valence-electron chi connectivity index (χ4n) is 4.82. The van der Waals surface area contributed by atoms with Crippen LogP contribution in [0.4, 0.5) is 0 Å². The number of aromatic nitrogens is 2. The lowest BCUT2D eigenvalue weighted by Gasteiger charge is -2.33. The summed E-state index contributed by atoms with van der Waals surface area (Å²) in [6, 6.07) is 12.3. The van der Waals surface area contributed by atoms with Gasteiger partial charge in [-0.15, -0.1) is 0 Å². The number of methoxy groups -OCH3 is 1. The second-order valence-corrected chi connectivity index (χ2v) is 8.59. The first-order chi connectivity index (χ1) is 16.1. The van der Waals surface area contributed by atoms with Crippen LogP contribution in [0.1, 0.15) is 74.0 Å². The Labute approximate surface area is 198 Å². The molecule has 0 saturated heterocycles. The van der Waals surface area contributed by atoms with Crippen molar-refractivity contribution in [1.29, 1.82) is 0 Å². The van der Waals surface area contributed by atoms with Crippen molar-refractivity contribution in [1.82, 2.24) is 15.3 Å². The third-order valence-electron chi connectivity index (χ3n) is 6.62. The van der Waals surface area contributed by atoms with Gasteiger partial charge in [-0.25, -0.2) is 0 Å². The van der Waals surface area contributed by atoms with Crippen molar-refractivity contribution < 1.29 is 9.53 Å². The van der Waals surface area contributed by atoms with Crippen LogP contribution in [0.25, 0.3) is 11.1 Å². The van der Waals surface area contributed by atoms with Crippen molar-refractivity contribution in [2.75, 3.05) is 7.11 Å². The van der Waals surface area contributed by atoms with Gasteiger partial charge in [0, 0.05) is 41.5 Å². The second-order valence-electron chi connectivity index (χ2n) is 8.59. The van der Waals surface area contributed by atoms with Crippen LogP contribution < -0.4 is 10.1 Å². The number of amides is 1. The fraction of sp³-hybridized carbons (Fsp3) is 0.429. The van der Waals surface area contributed by atoms with E-state index in [0.29, 0.717) is 17.4 Å². The summed E-state index contributed by atoms with van der Waals surface area (Å²) in [4.78, 5) is 20.5. The molecule has 176 valence electrons. The fourth-order valence-corrected chi connectivity index (χ4v) is 4.82. The Morgan fingerprint density at radius 2 is 1.82 bits per heavy atom. The zero-order valence-electron chi connectivity index (χ0n) is 20.5. The van der Waals surface area contributed by atoms with Crippen LogP contribution in [0.2, 0.25) is 0 Å². The van der Waals surface area contributed by atoms with Crippen molar-refractivity contribution in [3.05, 3.63) is 71.8 Å². The highest BCUT2D eigenvalue weighted by atomic mass is 16.5. The first-order valence-corrected chi connectivity index (χ1v) is 12.1. The van der Waals surface area contributed by atoms with Gasteiger partial charge in [0.1, 0.15) is 5.75 Å². The number of rotatable bonds is 6. The highest BCUT2D eigenvalue weighted by Gasteiger charge is 2.28. The van der Waals surface area contributed by atoms with Gasteiger partial charge in [0.05, 0.1) is 12.7 Å². The number of nitrogens with one attached hydrogen (secondary N) is 2. The van der Waals surface area contributed by atoms with E-state index in [4.69, 9.17) is 4.74 Å². The molecule has 1 fully saturated rings. The van der Waals surface area contributed by atoms with Crippen LogP contribution in [-0.4, -0.2) is 29.0 Å². The van der Waals surface area contributed by atoms with Crippen LogP contribution in [0.15, 0.2) is 55.0 Å². The van der Waals surface area contributed by atoms with E-state index in [9.17, 15) is 4.79 Å². The molecule has 3 aromatic rings. The number of ether oxygens (including phenoxy) is 1. The molecule has 1 aromatic carbocycles. The highest BCUT2D eigenvalue weighted by molar-refractivity contribution is 6.01. The summed E-state index contributed by atoms with van der Waals surface area (Å²) in [6.45, 7) is 8.18. The molecule has 2 heterocycles. The molecule has 1 amide bonds. The summed E-state index contributed by atoms with van der Waals surface area (Å²) in [7, 11) is 1.65. The predicted octanol–water partition coefficient (Wildman–Crippen LogP) is 6.51.